The minimum Gasteiger partial charge on any atom is -0.379 e. The molecule has 18 heavy (non-hydrogen) atoms. The summed E-state index contributed by atoms with van der Waals surface area (Å²) in [6.07, 6.45) is 2.80. The number of nitrogens with zero attached hydrogens (tertiary/aromatic N) is 2. The van der Waals surface area contributed by atoms with E-state index in [1.807, 2.05) is 0 Å². The number of aromatic nitrogens is 2. The summed E-state index contributed by atoms with van der Waals surface area (Å²) in [5.41, 5.74) is 0.716. The number of hydrogen-bond acceptors (Lipinski definition) is 4. The number of halogens is 1. The third kappa shape index (κ3) is 3.11. The number of hydrogen-bond donors (Lipinski definition) is 2. The highest BCUT2D eigenvalue weighted by atomic mass is 79.9. The molecule has 2 N–H and O–H groups in total. The van der Waals surface area contributed by atoms with Gasteiger partial charge in [-0.15, -0.1) is 0 Å². The molecule has 1 aliphatic heterocycles. The lowest BCUT2D eigenvalue weighted by molar-refractivity contribution is 0.462. The van der Waals surface area contributed by atoms with Crippen LogP contribution in [0.4, 0.5) is 5.69 Å². The van der Waals surface area contributed by atoms with Crippen LogP contribution in [0.5, 0.6) is 0 Å². The average Bonchev–Trinajstić information content (AvgIpc) is 2.81. The van der Waals surface area contributed by atoms with Crippen molar-refractivity contribution in [1.82, 2.24) is 15.1 Å². The first-order chi connectivity index (χ1) is 8.58. The molecule has 1 fully saturated rings. The van der Waals surface area contributed by atoms with Crippen molar-refractivity contribution in [2.75, 3.05) is 18.4 Å². The molecule has 6 heteroatoms. The fourth-order valence-electron chi connectivity index (χ4n) is 2.04. The lowest BCUT2D eigenvalue weighted by Gasteiger charge is -2.15. The normalized spacial score (nSPS) is 19.4. The molecule has 100 valence electrons. The number of nitrogens with one attached hydrogen (secondary N) is 2. The van der Waals surface area contributed by atoms with Crippen molar-refractivity contribution in [2.24, 2.45) is 5.92 Å². The van der Waals surface area contributed by atoms with Gasteiger partial charge in [-0.05, 0) is 34.8 Å². The topological polar surface area (TPSA) is 59.0 Å². The minimum atomic E-state index is -0.0698. The van der Waals surface area contributed by atoms with Crippen LogP contribution in [0, 0.1) is 5.92 Å². The smallest absolute Gasteiger partial charge is 0.283 e. The van der Waals surface area contributed by atoms with Crippen molar-refractivity contribution in [2.45, 2.75) is 32.9 Å². The Morgan fingerprint density at radius 2 is 2.44 bits per heavy atom. The summed E-state index contributed by atoms with van der Waals surface area (Å²) in [7, 11) is 0. The van der Waals surface area contributed by atoms with E-state index in [0.717, 1.165) is 25.2 Å². The largest absolute Gasteiger partial charge is 0.379 e. The SMILES string of the molecule is CC(C)Cn1ncc(NC2CCNC2)c(Br)c1=O. The van der Waals surface area contributed by atoms with Crippen LogP contribution < -0.4 is 16.2 Å². The predicted octanol–water partition coefficient (Wildman–Crippen LogP) is 1.44. The quantitative estimate of drug-likeness (QED) is 0.883. The van der Waals surface area contributed by atoms with E-state index in [1.165, 1.54) is 4.68 Å². The van der Waals surface area contributed by atoms with Gasteiger partial charge in [0.05, 0.1) is 11.9 Å². The van der Waals surface area contributed by atoms with Crippen LogP contribution >= 0.6 is 15.9 Å². The summed E-state index contributed by atoms with van der Waals surface area (Å²) < 4.78 is 2.08. The number of rotatable bonds is 4. The minimum absolute atomic E-state index is 0.0698. The summed E-state index contributed by atoms with van der Waals surface area (Å²) in [6.45, 7) is 6.73. The van der Waals surface area contributed by atoms with Gasteiger partial charge in [0.1, 0.15) is 4.47 Å². The van der Waals surface area contributed by atoms with Gasteiger partial charge in [0.25, 0.3) is 5.56 Å². The Morgan fingerprint density at radius 1 is 1.67 bits per heavy atom. The molecule has 0 aliphatic carbocycles. The second kappa shape index (κ2) is 5.84. The van der Waals surface area contributed by atoms with Gasteiger partial charge in [-0.3, -0.25) is 4.79 Å². The molecule has 0 amide bonds. The molecular formula is C12H19BrN4O. The summed E-state index contributed by atoms with van der Waals surface area (Å²) in [5.74, 6) is 0.403. The van der Waals surface area contributed by atoms with Crippen LogP contribution in [0.15, 0.2) is 15.5 Å². The highest BCUT2D eigenvalue weighted by molar-refractivity contribution is 9.10. The maximum atomic E-state index is 12.1. The van der Waals surface area contributed by atoms with E-state index >= 15 is 0 Å². The van der Waals surface area contributed by atoms with Crippen molar-refractivity contribution >= 4 is 21.6 Å². The molecule has 1 atom stereocenters. The van der Waals surface area contributed by atoms with Crippen LogP contribution in [0.2, 0.25) is 0 Å². The molecule has 0 aromatic carbocycles. The van der Waals surface area contributed by atoms with Crippen molar-refractivity contribution in [3.05, 3.63) is 21.0 Å². The Morgan fingerprint density at radius 3 is 3.06 bits per heavy atom. The molecule has 1 aromatic heterocycles. The average molecular weight is 315 g/mol. The van der Waals surface area contributed by atoms with Gasteiger partial charge in [-0.1, -0.05) is 13.8 Å². The van der Waals surface area contributed by atoms with Crippen LogP contribution in [0.1, 0.15) is 20.3 Å². The zero-order valence-corrected chi connectivity index (χ0v) is 12.3. The molecule has 5 nitrogen and oxygen atoms in total. The van der Waals surface area contributed by atoms with Crippen molar-refractivity contribution in [3.8, 4) is 0 Å². The van der Waals surface area contributed by atoms with Gasteiger partial charge in [0.2, 0.25) is 0 Å². The molecule has 0 bridgehead atoms. The first-order valence-electron chi connectivity index (χ1n) is 6.31. The lowest BCUT2D eigenvalue weighted by Crippen LogP contribution is -2.29. The molecule has 0 radical (unpaired) electrons. The van der Waals surface area contributed by atoms with Crippen molar-refractivity contribution in [1.29, 1.82) is 0 Å². The highest BCUT2D eigenvalue weighted by Crippen LogP contribution is 2.18. The van der Waals surface area contributed by atoms with E-state index < -0.39 is 0 Å². The van der Waals surface area contributed by atoms with Crippen molar-refractivity contribution in [3.63, 3.8) is 0 Å². The molecule has 2 heterocycles. The summed E-state index contributed by atoms with van der Waals surface area (Å²) >= 11 is 3.37. The summed E-state index contributed by atoms with van der Waals surface area (Å²) in [4.78, 5) is 12.1. The lowest BCUT2D eigenvalue weighted by atomic mass is 10.2. The second-order valence-corrected chi connectivity index (χ2v) is 5.88. The maximum absolute atomic E-state index is 12.1. The van der Waals surface area contributed by atoms with Crippen LogP contribution in [0.3, 0.4) is 0 Å². The Bertz CT molecular complexity index is 466. The van der Waals surface area contributed by atoms with E-state index in [1.54, 1.807) is 6.20 Å². The Balaban J connectivity index is 2.17. The molecule has 2 rings (SSSR count). The molecular weight excluding hydrogens is 296 g/mol. The van der Waals surface area contributed by atoms with E-state index in [9.17, 15) is 4.79 Å². The monoisotopic (exact) mass is 314 g/mol. The third-order valence-electron chi connectivity index (χ3n) is 2.94. The van der Waals surface area contributed by atoms with E-state index in [0.29, 0.717) is 23.0 Å². The summed E-state index contributed by atoms with van der Waals surface area (Å²) in [6, 6.07) is 0.378. The second-order valence-electron chi connectivity index (χ2n) is 5.09. The zero-order chi connectivity index (χ0) is 13.1. The van der Waals surface area contributed by atoms with Crippen molar-refractivity contribution < 1.29 is 0 Å². The van der Waals surface area contributed by atoms with Crippen LogP contribution in [-0.4, -0.2) is 28.9 Å². The molecule has 0 spiro atoms. The zero-order valence-electron chi connectivity index (χ0n) is 10.7. The van der Waals surface area contributed by atoms with Gasteiger partial charge >= 0.3 is 0 Å². The number of anilines is 1. The predicted molar refractivity (Wildman–Crippen MR) is 75.9 cm³/mol. The van der Waals surface area contributed by atoms with Gasteiger partial charge in [0.15, 0.2) is 0 Å². The molecule has 1 unspecified atom stereocenters. The Kier molecular flexibility index (Phi) is 4.40. The van der Waals surface area contributed by atoms with Gasteiger partial charge in [-0.25, -0.2) is 4.68 Å². The van der Waals surface area contributed by atoms with Gasteiger partial charge in [0, 0.05) is 19.1 Å². The van der Waals surface area contributed by atoms with E-state index in [2.05, 4.69) is 45.5 Å². The van der Waals surface area contributed by atoms with E-state index in [-0.39, 0.29) is 5.56 Å². The highest BCUT2D eigenvalue weighted by Gasteiger charge is 2.17. The fraction of sp³-hybridized carbons (Fsp3) is 0.667. The van der Waals surface area contributed by atoms with Crippen LogP contribution in [-0.2, 0) is 6.54 Å². The molecule has 1 saturated heterocycles. The Labute approximate surface area is 115 Å². The first-order valence-corrected chi connectivity index (χ1v) is 7.10. The van der Waals surface area contributed by atoms with E-state index in [4.69, 9.17) is 0 Å². The summed E-state index contributed by atoms with van der Waals surface area (Å²) in [5, 5.41) is 10.8. The van der Waals surface area contributed by atoms with Crippen LogP contribution in [0.25, 0.3) is 0 Å². The molecule has 1 aromatic rings. The standard InChI is InChI=1S/C12H19BrN4O/c1-8(2)7-17-12(18)11(13)10(6-15-17)16-9-3-4-14-5-9/h6,8-9,14,16H,3-5,7H2,1-2H3. The fourth-order valence-corrected chi connectivity index (χ4v) is 2.46. The molecule has 1 aliphatic rings. The molecule has 0 saturated carbocycles. The Hall–Kier alpha value is -0.880. The first kappa shape index (κ1) is 13.5. The maximum Gasteiger partial charge on any atom is 0.283 e. The van der Waals surface area contributed by atoms with Gasteiger partial charge in [-0.2, -0.15) is 5.10 Å². The van der Waals surface area contributed by atoms with Gasteiger partial charge < -0.3 is 10.6 Å². The third-order valence-corrected chi connectivity index (χ3v) is 3.71.